The molecule has 126 valence electrons. The van der Waals surface area contributed by atoms with Gasteiger partial charge in [0.25, 0.3) is 0 Å². The number of fused-ring (bicyclic) bond motifs is 1. The van der Waals surface area contributed by atoms with Gasteiger partial charge in [0.15, 0.2) is 5.76 Å². The number of benzene rings is 1. The summed E-state index contributed by atoms with van der Waals surface area (Å²) in [7, 11) is 0. The molecule has 0 spiro atoms. The van der Waals surface area contributed by atoms with E-state index >= 15 is 0 Å². The summed E-state index contributed by atoms with van der Waals surface area (Å²) in [6.07, 6.45) is 3.01. The molecule has 2 N–H and O–H groups in total. The third-order valence-corrected chi connectivity index (χ3v) is 4.61. The molecule has 24 heavy (non-hydrogen) atoms. The first-order valence-corrected chi connectivity index (χ1v) is 8.40. The first-order chi connectivity index (χ1) is 11.7. The quantitative estimate of drug-likeness (QED) is 0.904. The average molecular weight is 327 g/mol. The van der Waals surface area contributed by atoms with Crippen molar-refractivity contribution in [1.82, 2.24) is 10.5 Å². The number of anilines is 1. The van der Waals surface area contributed by atoms with Crippen LogP contribution in [0.2, 0.25) is 0 Å². The Labute approximate surface area is 140 Å². The van der Waals surface area contributed by atoms with Gasteiger partial charge in [0.1, 0.15) is 11.4 Å². The van der Waals surface area contributed by atoms with Crippen LogP contribution in [0.15, 0.2) is 28.8 Å². The van der Waals surface area contributed by atoms with Crippen molar-refractivity contribution in [2.24, 2.45) is 0 Å². The molecule has 1 aliphatic heterocycles. The van der Waals surface area contributed by atoms with E-state index in [4.69, 9.17) is 9.26 Å². The average Bonchev–Trinajstić information content (AvgIpc) is 3.38. The number of carbonyl (C=O) groups is 1. The maximum atomic E-state index is 12.2. The fourth-order valence-corrected chi connectivity index (χ4v) is 3.07. The van der Waals surface area contributed by atoms with E-state index in [0.717, 1.165) is 30.7 Å². The van der Waals surface area contributed by atoms with Gasteiger partial charge in [-0.25, -0.2) is 4.79 Å². The van der Waals surface area contributed by atoms with Crippen LogP contribution in [0.25, 0.3) is 0 Å². The Hall–Kier alpha value is -2.34. The topological polar surface area (TPSA) is 76.4 Å². The number of hydrogen-bond acceptors (Lipinski definition) is 4. The van der Waals surface area contributed by atoms with Crippen molar-refractivity contribution in [3.8, 4) is 0 Å². The van der Waals surface area contributed by atoms with E-state index in [1.165, 1.54) is 11.1 Å². The van der Waals surface area contributed by atoms with Gasteiger partial charge in [-0.15, -0.1) is 0 Å². The van der Waals surface area contributed by atoms with Crippen LogP contribution in [-0.4, -0.2) is 23.8 Å². The lowest BCUT2D eigenvalue weighted by molar-refractivity contribution is 0.0308. The molecule has 2 aliphatic rings. The summed E-state index contributed by atoms with van der Waals surface area (Å²) in [5.74, 6) is 1.20. The van der Waals surface area contributed by atoms with Gasteiger partial charge in [0.05, 0.1) is 12.7 Å². The lowest BCUT2D eigenvalue weighted by Crippen LogP contribution is -2.39. The zero-order chi connectivity index (χ0) is 16.5. The van der Waals surface area contributed by atoms with Crippen LogP contribution in [0.3, 0.4) is 0 Å². The van der Waals surface area contributed by atoms with Crippen molar-refractivity contribution < 1.29 is 14.1 Å². The maximum Gasteiger partial charge on any atom is 0.319 e. The SMILES string of the molecule is Cc1noc(C2CC2)c1NC(=O)NC[C@@H]1Cc2ccccc2CO1. The fourth-order valence-electron chi connectivity index (χ4n) is 3.07. The Bertz CT molecular complexity index is 752. The maximum absolute atomic E-state index is 12.2. The standard InChI is InChI=1S/C18H21N3O3/c1-11-16(17(24-21-11)12-6-7-12)20-18(22)19-9-15-8-13-4-2-3-5-14(13)10-23-15/h2-5,12,15H,6-10H2,1H3,(H2,19,20,22)/t15-/m0/s1. The van der Waals surface area contributed by atoms with E-state index in [9.17, 15) is 4.79 Å². The van der Waals surface area contributed by atoms with E-state index in [1.807, 2.05) is 19.1 Å². The highest BCUT2D eigenvalue weighted by Crippen LogP contribution is 2.44. The summed E-state index contributed by atoms with van der Waals surface area (Å²) in [4.78, 5) is 12.2. The largest absolute Gasteiger partial charge is 0.371 e. The smallest absolute Gasteiger partial charge is 0.319 e. The summed E-state index contributed by atoms with van der Waals surface area (Å²) in [6.45, 7) is 2.91. The summed E-state index contributed by atoms with van der Waals surface area (Å²) < 4.78 is 11.1. The molecule has 4 rings (SSSR count). The number of aromatic nitrogens is 1. The van der Waals surface area contributed by atoms with Crippen molar-refractivity contribution in [3.63, 3.8) is 0 Å². The van der Waals surface area contributed by atoms with Gasteiger partial charge in [-0.05, 0) is 30.9 Å². The number of urea groups is 1. The number of carbonyl (C=O) groups excluding carboxylic acids is 1. The Kier molecular flexibility index (Phi) is 3.98. The van der Waals surface area contributed by atoms with Crippen molar-refractivity contribution >= 4 is 11.7 Å². The van der Waals surface area contributed by atoms with Crippen molar-refractivity contribution in [2.45, 2.75) is 44.8 Å². The molecule has 1 saturated carbocycles. The lowest BCUT2D eigenvalue weighted by Gasteiger charge is -2.25. The van der Waals surface area contributed by atoms with Gasteiger partial charge in [0, 0.05) is 18.9 Å². The van der Waals surface area contributed by atoms with Gasteiger partial charge in [-0.1, -0.05) is 29.4 Å². The molecule has 0 unspecified atom stereocenters. The number of ether oxygens (including phenoxy) is 1. The van der Waals surface area contributed by atoms with E-state index in [2.05, 4.69) is 27.9 Å². The second kappa shape index (κ2) is 6.28. The monoisotopic (exact) mass is 327 g/mol. The number of hydrogen-bond donors (Lipinski definition) is 2. The second-order valence-electron chi connectivity index (χ2n) is 6.52. The highest BCUT2D eigenvalue weighted by atomic mass is 16.5. The Morgan fingerprint density at radius 3 is 2.88 bits per heavy atom. The zero-order valence-electron chi connectivity index (χ0n) is 13.7. The molecule has 0 saturated heterocycles. The number of aryl methyl sites for hydroxylation is 1. The van der Waals surface area contributed by atoms with Crippen LogP contribution in [0, 0.1) is 6.92 Å². The summed E-state index contributed by atoms with van der Waals surface area (Å²) in [6, 6.07) is 8.01. The molecule has 2 aromatic rings. The van der Waals surface area contributed by atoms with E-state index < -0.39 is 0 Å². The predicted molar refractivity (Wildman–Crippen MR) is 89.0 cm³/mol. The van der Waals surface area contributed by atoms with Crippen LogP contribution < -0.4 is 10.6 Å². The van der Waals surface area contributed by atoms with Crippen LogP contribution in [-0.2, 0) is 17.8 Å². The Balaban J connectivity index is 1.32. The van der Waals surface area contributed by atoms with Crippen LogP contribution in [0.1, 0.15) is 41.3 Å². The Morgan fingerprint density at radius 1 is 1.29 bits per heavy atom. The minimum Gasteiger partial charge on any atom is -0.371 e. The number of amides is 2. The number of nitrogens with zero attached hydrogens (tertiary/aromatic N) is 1. The van der Waals surface area contributed by atoms with Crippen molar-refractivity contribution in [1.29, 1.82) is 0 Å². The molecule has 2 amide bonds. The third-order valence-electron chi connectivity index (χ3n) is 4.61. The molecule has 6 heteroatoms. The van der Waals surface area contributed by atoms with Crippen LogP contribution in [0.4, 0.5) is 10.5 Å². The van der Waals surface area contributed by atoms with Gasteiger partial charge < -0.3 is 19.9 Å². The van der Waals surface area contributed by atoms with Crippen molar-refractivity contribution in [2.75, 3.05) is 11.9 Å². The first kappa shape index (κ1) is 15.2. The second-order valence-corrected chi connectivity index (χ2v) is 6.52. The third kappa shape index (κ3) is 3.14. The van der Waals surface area contributed by atoms with Crippen molar-refractivity contribution in [3.05, 3.63) is 46.8 Å². The van der Waals surface area contributed by atoms with E-state index in [0.29, 0.717) is 24.8 Å². The molecule has 1 fully saturated rings. The minimum atomic E-state index is -0.245. The lowest BCUT2D eigenvalue weighted by atomic mass is 9.99. The molecule has 1 aromatic carbocycles. The molecule has 2 heterocycles. The molecule has 0 bridgehead atoms. The first-order valence-electron chi connectivity index (χ1n) is 8.40. The normalized spacial score (nSPS) is 19.6. The number of rotatable bonds is 4. The fraction of sp³-hybridized carbons (Fsp3) is 0.444. The van der Waals surface area contributed by atoms with Gasteiger partial charge >= 0.3 is 6.03 Å². The van der Waals surface area contributed by atoms with E-state index in [-0.39, 0.29) is 12.1 Å². The zero-order valence-corrected chi connectivity index (χ0v) is 13.7. The molecule has 6 nitrogen and oxygen atoms in total. The highest BCUT2D eigenvalue weighted by molar-refractivity contribution is 5.90. The molecular formula is C18H21N3O3. The van der Waals surface area contributed by atoms with E-state index in [1.54, 1.807) is 0 Å². The molecule has 0 radical (unpaired) electrons. The van der Waals surface area contributed by atoms with Crippen LogP contribution >= 0.6 is 0 Å². The Morgan fingerprint density at radius 2 is 2.08 bits per heavy atom. The molecular weight excluding hydrogens is 306 g/mol. The minimum absolute atomic E-state index is 0.00266. The number of nitrogens with one attached hydrogen (secondary N) is 2. The molecule has 1 aromatic heterocycles. The summed E-state index contributed by atoms with van der Waals surface area (Å²) >= 11 is 0. The van der Waals surface area contributed by atoms with Gasteiger partial charge in [-0.3, -0.25) is 0 Å². The molecule has 1 atom stereocenters. The summed E-state index contributed by atoms with van der Waals surface area (Å²) in [5, 5.41) is 9.73. The van der Waals surface area contributed by atoms with Gasteiger partial charge in [-0.2, -0.15) is 0 Å². The molecule has 1 aliphatic carbocycles. The predicted octanol–water partition coefficient (Wildman–Crippen LogP) is 3.12. The van der Waals surface area contributed by atoms with Crippen LogP contribution in [0.5, 0.6) is 0 Å². The highest BCUT2D eigenvalue weighted by Gasteiger charge is 2.32. The van der Waals surface area contributed by atoms with Gasteiger partial charge in [0.2, 0.25) is 0 Å². The summed E-state index contributed by atoms with van der Waals surface area (Å²) in [5.41, 5.74) is 3.95.